The number of hydrogen-bond donors (Lipinski definition) is 4. The summed E-state index contributed by atoms with van der Waals surface area (Å²) in [6.07, 6.45) is -0.422. The molecule has 13 nitrogen and oxygen atoms in total. The van der Waals surface area contributed by atoms with E-state index in [0.29, 0.717) is 19.6 Å². The van der Waals surface area contributed by atoms with Crippen LogP contribution in [0.15, 0.2) is 24.3 Å². The van der Waals surface area contributed by atoms with Crippen LogP contribution >= 0.6 is 0 Å². The van der Waals surface area contributed by atoms with E-state index in [9.17, 15) is 29.1 Å². The Morgan fingerprint density at radius 2 is 1.50 bits per heavy atom. The van der Waals surface area contributed by atoms with Crippen molar-refractivity contribution in [2.45, 2.75) is 124 Å². The van der Waals surface area contributed by atoms with E-state index in [2.05, 4.69) is 10.6 Å². The van der Waals surface area contributed by atoms with Crippen molar-refractivity contribution in [2.24, 2.45) is 11.7 Å². The first-order chi connectivity index (χ1) is 21.4. The maximum atomic E-state index is 13.8. The van der Waals surface area contributed by atoms with E-state index in [1.54, 1.807) is 53.7 Å². The average molecular weight is 651 g/mol. The third kappa shape index (κ3) is 13.8. The van der Waals surface area contributed by atoms with Crippen molar-refractivity contribution < 1.29 is 43.3 Å². The van der Waals surface area contributed by atoms with E-state index < -0.39 is 65.7 Å². The lowest BCUT2D eigenvalue weighted by Gasteiger charge is -2.34. The average Bonchev–Trinajstić information content (AvgIpc) is 2.95. The van der Waals surface area contributed by atoms with Crippen LogP contribution in [0, 0.1) is 5.92 Å². The maximum Gasteiger partial charge on any atom is 0.308 e. The van der Waals surface area contributed by atoms with Crippen molar-refractivity contribution in [3.63, 3.8) is 0 Å². The molecule has 0 aliphatic rings. The molecule has 13 heteroatoms. The molecule has 0 aromatic heterocycles. The first-order valence-electron chi connectivity index (χ1n) is 15.9. The molecule has 0 aliphatic heterocycles. The zero-order valence-electron chi connectivity index (χ0n) is 28.8. The Bertz CT molecular complexity index is 1150. The Labute approximate surface area is 272 Å². The molecule has 0 spiro atoms. The van der Waals surface area contributed by atoms with Crippen molar-refractivity contribution in [1.82, 2.24) is 15.5 Å². The highest BCUT2D eigenvalue weighted by atomic mass is 16.7. The van der Waals surface area contributed by atoms with E-state index in [1.165, 1.54) is 26.0 Å². The minimum atomic E-state index is -1.20. The highest BCUT2D eigenvalue weighted by molar-refractivity contribution is 6.00. The van der Waals surface area contributed by atoms with Crippen LogP contribution in [0.4, 0.5) is 0 Å². The van der Waals surface area contributed by atoms with Crippen LogP contribution in [-0.2, 0) is 44.6 Å². The minimum absolute atomic E-state index is 0.00260. The van der Waals surface area contributed by atoms with Crippen LogP contribution in [0.25, 0.3) is 0 Å². The summed E-state index contributed by atoms with van der Waals surface area (Å²) < 4.78 is 16.8. The zero-order valence-corrected chi connectivity index (χ0v) is 28.8. The van der Waals surface area contributed by atoms with Crippen LogP contribution in [0.1, 0.15) is 87.1 Å². The number of aromatic hydroxyl groups is 1. The van der Waals surface area contributed by atoms with Crippen molar-refractivity contribution in [3.05, 3.63) is 29.8 Å². The topological polar surface area (TPSA) is 187 Å². The van der Waals surface area contributed by atoms with Gasteiger partial charge in [-0.1, -0.05) is 32.4 Å². The Hall–Kier alpha value is -3.55. The number of benzene rings is 1. The number of phenols is 1. The van der Waals surface area contributed by atoms with Crippen molar-refractivity contribution in [3.8, 4) is 5.75 Å². The highest BCUT2D eigenvalue weighted by Crippen LogP contribution is 2.20. The summed E-state index contributed by atoms with van der Waals surface area (Å²) in [7, 11) is 0. The molecule has 46 heavy (non-hydrogen) atoms. The van der Waals surface area contributed by atoms with Gasteiger partial charge in [-0.05, 0) is 71.6 Å². The fourth-order valence-electron chi connectivity index (χ4n) is 4.74. The van der Waals surface area contributed by atoms with Crippen LogP contribution in [0.2, 0.25) is 0 Å². The molecule has 1 aromatic carbocycles. The Morgan fingerprint density at radius 1 is 0.935 bits per heavy atom. The van der Waals surface area contributed by atoms with Gasteiger partial charge < -0.3 is 35.7 Å². The Balaban J connectivity index is 3.20. The van der Waals surface area contributed by atoms with Crippen molar-refractivity contribution >= 4 is 29.6 Å². The lowest BCUT2D eigenvalue weighted by atomic mass is 9.97. The number of rotatable bonds is 18. The number of nitrogens with two attached hydrogens (primary N) is 1. The van der Waals surface area contributed by atoms with Gasteiger partial charge in [0.1, 0.15) is 23.4 Å². The predicted octanol–water partition coefficient (Wildman–Crippen LogP) is 2.56. The summed E-state index contributed by atoms with van der Waals surface area (Å²) in [6.45, 7) is 15.5. The molecule has 1 rings (SSSR count). The lowest BCUT2D eigenvalue weighted by Crippen LogP contribution is -2.59. The number of hydrogen-bond acceptors (Lipinski definition) is 10. The highest BCUT2D eigenvalue weighted by Gasteiger charge is 2.37. The first-order valence-corrected chi connectivity index (χ1v) is 15.9. The second-order valence-electron chi connectivity index (χ2n) is 12.3. The van der Waals surface area contributed by atoms with Gasteiger partial charge in [-0.25, -0.2) is 0 Å². The van der Waals surface area contributed by atoms with E-state index >= 15 is 0 Å². The molecular weight excluding hydrogens is 596 g/mol. The smallest absolute Gasteiger partial charge is 0.308 e. The van der Waals surface area contributed by atoms with E-state index in [4.69, 9.17) is 19.9 Å². The number of esters is 1. The Kier molecular flexibility index (Phi) is 16.9. The van der Waals surface area contributed by atoms with Crippen LogP contribution < -0.4 is 16.4 Å². The molecule has 0 bridgehead atoms. The van der Waals surface area contributed by atoms with Gasteiger partial charge in [0.05, 0.1) is 18.5 Å². The molecule has 5 atom stereocenters. The number of nitrogens with zero attached hydrogens (tertiary/aromatic N) is 1. The molecule has 4 amide bonds. The fraction of sp³-hybridized carbons (Fsp3) is 0.667. The number of nitrogens with one attached hydrogen (secondary N) is 2. The van der Waals surface area contributed by atoms with Gasteiger partial charge in [0.15, 0.2) is 6.29 Å². The van der Waals surface area contributed by atoms with E-state index in [1.807, 2.05) is 6.92 Å². The number of carbonyl (C=O) groups excluding carboxylic acids is 5. The maximum absolute atomic E-state index is 13.8. The molecule has 0 unspecified atom stereocenters. The number of imide groups is 1. The number of amides is 4. The summed E-state index contributed by atoms with van der Waals surface area (Å²) in [5.74, 6) is -3.45. The van der Waals surface area contributed by atoms with Crippen LogP contribution in [0.3, 0.4) is 0 Å². The van der Waals surface area contributed by atoms with Gasteiger partial charge in [-0.2, -0.15) is 0 Å². The third-order valence-electron chi connectivity index (χ3n) is 7.18. The van der Waals surface area contributed by atoms with Crippen LogP contribution in [0.5, 0.6) is 5.75 Å². The van der Waals surface area contributed by atoms with E-state index in [-0.39, 0.29) is 30.9 Å². The standard InChI is InChI=1S/C33H54N4O9/c1-10-20(4)29(36-30(41)26(34)17-23-13-15-25(39)16-14-23)31(42)35-21(5)32(43)37(22(6)38)24(18-27(40)46-33(7,8)9)19-28(44-11-2)45-12-3/h13-16,20-21,24,26,28-29,39H,10-12,17-19,34H2,1-9H3,(H,35,42)(H,36,41)/t20-,21-,24-,26-,29-/m0/s1. The molecule has 0 saturated heterocycles. The molecule has 0 fully saturated rings. The summed E-state index contributed by atoms with van der Waals surface area (Å²) in [4.78, 5) is 67.0. The van der Waals surface area contributed by atoms with Gasteiger partial charge in [0.2, 0.25) is 17.7 Å². The molecule has 260 valence electrons. The van der Waals surface area contributed by atoms with Gasteiger partial charge in [-0.15, -0.1) is 0 Å². The summed E-state index contributed by atoms with van der Waals surface area (Å²) in [6, 6.07) is 2.08. The quantitative estimate of drug-likeness (QED) is 0.136. The summed E-state index contributed by atoms with van der Waals surface area (Å²) in [5, 5.41) is 14.8. The van der Waals surface area contributed by atoms with Crippen molar-refractivity contribution in [1.29, 1.82) is 0 Å². The van der Waals surface area contributed by atoms with Gasteiger partial charge in [0.25, 0.3) is 5.91 Å². The normalized spacial score (nSPS) is 14.8. The summed E-state index contributed by atoms with van der Waals surface area (Å²) >= 11 is 0. The minimum Gasteiger partial charge on any atom is -0.508 e. The lowest BCUT2D eigenvalue weighted by molar-refractivity contribution is -0.167. The van der Waals surface area contributed by atoms with E-state index in [0.717, 1.165) is 10.5 Å². The molecule has 0 radical (unpaired) electrons. The fourth-order valence-corrected chi connectivity index (χ4v) is 4.74. The monoisotopic (exact) mass is 650 g/mol. The van der Waals surface area contributed by atoms with Crippen LogP contribution in [-0.4, -0.2) is 88.9 Å². The predicted molar refractivity (Wildman–Crippen MR) is 172 cm³/mol. The number of ether oxygens (including phenoxy) is 3. The Morgan fingerprint density at radius 3 is 1.98 bits per heavy atom. The third-order valence-corrected chi connectivity index (χ3v) is 7.18. The molecule has 1 aromatic rings. The molecule has 0 saturated carbocycles. The largest absolute Gasteiger partial charge is 0.508 e. The SMILES string of the molecule is CCOC(C[C@H](CC(=O)OC(C)(C)C)N(C(C)=O)C(=O)[C@H](C)NC(=O)[C@@H](NC(=O)[C@@H](N)Cc1ccc(O)cc1)[C@@H](C)CC)OCC. The second-order valence-corrected chi connectivity index (χ2v) is 12.3. The first kappa shape index (κ1) is 40.5. The molecule has 5 N–H and O–H groups in total. The van der Waals surface area contributed by atoms with Crippen molar-refractivity contribution in [2.75, 3.05) is 13.2 Å². The molecule has 0 aliphatic carbocycles. The van der Waals surface area contributed by atoms with Gasteiger partial charge in [-0.3, -0.25) is 28.9 Å². The summed E-state index contributed by atoms with van der Waals surface area (Å²) in [5.41, 5.74) is 6.06. The van der Waals surface area contributed by atoms with Gasteiger partial charge in [0, 0.05) is 26.6 Å². The number of phenolic OH excluding ortho intramolecular Hbond substituents is 1. The molecule has 0 heterocycles. The number of carbonyl (C=O) groups is 5. The molecular formula is C33H54N4O9. The van der Waals surface area contributed by atoms with Gasteiger partial charge >= 0.3 is 5.97 Å². The second kappa shape index (κ2) is 19.2. The zero-order chi connectivity index (χ0) is 35.2.